The number of hydrogen-bond acceptors (Lipinski definition) is 3. The Morgan fingerprint density at radius 3 is 2.54 bits per heavy atom. The average Bonchev–Trinajstić information content (AvgIpc) is 2.66. The van der Waals surface area contributed by atoms with Crippen LogP contribution >= 0.6 is 11.6 Å². The van der Waals surface area contributed by atoms with E-state index in [1.807, 2.05) is 54.6 Å². The Labute approximate surface area is 157 Å². The Morgan fingerprint density at radius 1 is 1.00 bits per heavy atom. The van der Waals surface area contributed by atoms with Crippen LogP contribution in [-0.4, -0.2) is 25.2 Å². The Morgan fingerprint density at radius 2 is 1.69 bits per heavy atom. The molecule has 1 atom stereocenters. The van der Waals surface area contributed by atoms with Crippen molar-refractivity contribution in [2.24, 2.45) is 0 Å². The van der Waals surface area contributed by atoms with Crippen LogP contribution in [0.1, 0.15) is 6.92 Å². The van der Waals surface area contributed by atoms with Crippen molar-refractivity contribution in [3.05, 3.63) is 71.8 Å². The number of ether oxygens (including phenoxy) is 2. The molecule has 0 spiro atoms. The van der Waals surface area contributed by atoms with Crippen molar-refractivity contribution in [2.45, 2.75) is 13.0 Å². The van der Waals surface area contributed by atoms with Crippen molar-refractivity contribution in [1.29, 1.82) is 0 Å². The first-order valence-corrected chi connectivity index (χ1v) is 8.82. The molecule has 0 aliphatic heterocycles. The molecule has 0 saturated heterocycles. The third kappa shape index (κ3) is 4.46. The van der Waals surface area contributed by atoms with Gasteiger partial charge in [0.1, 0.15) is 18.1 Å². The number of para-hydroxylation sites is 1. The van der Waals surface area contributed by atoms with Gasteiger partial charge in [0.05, 0.1) is 11.6 Å². The minimum Gasteiger partial charge on any atom is -0.490 e. The molecule has 0 bridgehead atoms. The second kappa shape index (κ2) is 8.59. The van der Waals surface area contributed by atoms with Gasteiger partial charge >= 0.3 is 0 Å². The van der Waals surface area contributed by atoms with Crippen molar-refractivity contribution < 1.29 is 14.3 Å². The van der Waals surface area contributed by atoms with Gasteiger partial charge in [0.15, 0.2) is 6.10 Å². The lowest BCUT2D eigenvalue weighted by Crippen LogP contribution is -2.38. The van der Waals surface area contributed by atoms with Crippen LogP contribution in [0.25, 0.3) is 10.8 Å². The summed E-state index contributed by atoms with van der Waals surface area (Å²) in [6, 6.07) is 20.9. The summed E-state index contributed by atoms with van der Waals surface area (Å²) in [5.41, 5.74) is 0. The summed E-state index contributed by atoms with van der Waals surface area (Å²) >= 11 is 6.02. The number of carbonyl (C=O) groups excluding carboxylic acids is 1. The highest BCUT2D eigenvalue weighted by atomic mass is 35.5. The highest BCUT2D eigenvalue weighted by Gasteiger charge is 2.15. The van der Waals surface area contributed by atoms with Crippen LogP contribution in [0.2, 0.25) is 5.02 Å². The van der Waals surface area contributed by atoms with E-state index >= 15 is 0 Å². The summed E-state index contributed by atoms with van der Waals surface area (Å²) in [7, 11) is 0. The summed E-state index contributed by atoms with van der Waals surface area (Å²) < 4.78 is 11.4. The minimum absolute atomic E-state index is 0.194. The molecule has 5 heteroatoms. The summed E-state index contributed by atoms with van der Waals surface area (Å²) in [6.07, 6.45) is -0.610. The molecule has 134 valence electrons. The molecule has 3 rings (SSSR count). The molecule has 1 N–H and O–H groups in total. The van der Waals surface area contributed by atoms with Gasteiger partial charge in [0.25, 0.3) is 5.91 Å². The number of benzene rings is 3. The van der Waals surface area contributed by atoms with Crippen molar-refractivity contribution >= 4 is 28.3 Å². The zero-order valence-corrected chi connectivity index (χ0v) is 15.2. The van der Waals surface area contributed by atoms with Gasteiger partial charge in [-0.15, -0.1) is 0 Å². The van der Waals surface area contributed by atoms with Crippen LogP contribution in [-0.2, 0) is 4.79 Å². The zero-order valence-electron chi connectivity index (χ0n) is 14.4. The Balaban J connectivity index is 1.51. The smallest absolute Gasteiger partial charge is 0.260 e. The van der Waals surface area contributed by atoms with Crippen molar-refractivity contribution in [3.63, 3.8) is 0 Å². The third-order valence-electron chi connectivity index (χ3n) is 3.92. The largest absolute Gasteiger partial charge is 0.490 e. The topological polar surface area (TPSA) is 47.6 Å². The number of hydrogen-bond donors (Lipinski definition) is 1. The van der Waals surface area contributed by atoms with Crippen LogP contribution in [0.5, 0.6) is 11.5 Å². The van der Waals surface area contributed by atoms with Gasteiger partial charge in [-0.1, -0.05) is 60.1 Å². The molecule has 0 aromatic heterocycles. The van der Waals surface area contributed by atoms with Crippen LogP contribution in [0.4, 0.5) is 0 Å². The molecule has 3 aromatic carbocycles. The quantitative estimate of drug-likeness (QED) is 0.626. The van der Waals surface area contributed by atoms with E-state index in [-0.39, 0.29) is 5.91 Å². The zero-order chi connectivity index (χ0) is 18.4. The summed E-state index contributed by atoms with van der Waals surface area (Å²) in [5.74, 6) is 1.10. The van der Waals surface area contributed by atoms with E-state index in [4.69, 9.17) is 21.1 Å². The van der Waals surface area contributed by atoms with Gasteiger partial charge in [0, 0.05) is 5.39 Å². The Bertz CT molecular complexity index is 892. The standard InChI is InChI=1S/C21H20ClNO3/c1-15(26-19-12-6-8-16-7-2-3-9-17(16)19)21(24)23-13-14-25-20-11-5-4-10-18(20)22/h2-12,15H,13-14H2,1H3,(H,23,24). The fourth-order valence-corrected chi connectivity index (χ4v) is 2.77. The number of fused-ring (bicyclic) bond motifs is 1. The lowest BCUT2D eigenvalue weighted by atomic mass is 10.1. The number of halogens is 1. The van der Waals surface area contributed by atoms with E-state index in [9.17, 15) is 4.79 Å². The number of rotatable bonds is 7. The fraction of sp³-hybridized carbons (Fsp3) is 0.190. The van der Waals surface area contributed by atoms with Crippen molar-refractivity contribution in [1.82, 2.24) is 5.32 Å². The summed E-state index contributed by atoms with van der Waals surface area (Å²) in [5, 5.41) is 5.41. The van der Waals surface area contributed by atoms with E-state index < -0.39 is 6.10 Å². The molecule has 0 aliphatic carbocycles. The molecule has 0 radical (unpaired) electrons. The molecule has 4 nitrogen and oxygen atoms in total. The van der Waals surface area contributed by atoms with Crippen LogP contribution in [0.3, 0.4) is 0 Å². The molecular formula is C21H20ClNO3. The molecule has 1 unspecified atom stereocenters. The highest BCUT2D eigenvalue weighted by molar-refractivity contribution is 6.32. The van der Waals surface area contributed by atoms with Gasteiger partial charge in [-0.3, -0.25) is 4.79 Å². The average molecular weight is 370 g/mol. The minimum atomic E-state index is -0.610. The maximum atomic E-state index is 12.2. The molecule has 26 heavy (non-hydrogen) atoms. The molecule has 0 heterocycles. The van der Waals surface area contributed by atoms with Crippen LogP contribution in [0, 0.1) is 0 Å². The first-order valence-electron chi connectivity index (χ1n) is 8.44. The number of carbonyl (C=O) groups is 1. The van der Waals surface area contributed by atoms with E-state index in [1.54, 1.807) is 19.1 Å². The highest BCUT2D eigenvalue weighted by Crippen LogP contribution is 2.26. The lowest BCUT2D eigenvalue weighted by molar-refractivity contribution is -0.127. The summed E-state index contributed by atoms with van der Waals surface area (Å²) in [4.78, 5) is 12.2. The van der Waals surface area contributed by atoms with E-state index in [1.165, 1.54) is 0 Å². The maximum Gasteiger partial charge on any atom is 0.260 e. The van der Waals surface area contributed by atoms with E-state index in [0.29, 0.717) is 29.7 Å². The Kier molecular flexibility index (Phi) is 5.97. The van der Waals surface area contributed by atoms with Crippen LogP contribution in [0.15, 0.2) is 66.7 Å². The molecule has 0 aliphatic rings. The molecule has 0 saturated carbocycles. The van der Waals surface area contributed by atoms with Gasteiger partial charge in [-0.05, 0) is 30.5 Å². The van der Waals surface area contributed by atoms with Gasteiger partial charge in [-0.25, -0.2) is 0 Å². The third-order valence-corrected chi connectivity index (χ3v) is 4.23. The second-order valence-corrected chi connectivity index (χ2v) is 6.21. The van der Waals surface area contributed by atoms with E-state index in [0.717, 1.165) is 10.8 Å². The van der Waals surface area contributed by atoms with E-state index in [2.05, 4.69) is 5.32 Å². The molecule has 0 fully saturated rings. The first kappa shape index (κ1) is 18.1. The van der Waals surface area contributed by atoms with Crippen LogP contribution < -0.4 is 14.8 Å². The predicted molar refractivity (Wildman–Crippen MR) is 104 cm³/mol. The lowest BCUT2D eigenvalue weighted by Gasteiger charge is -2.16. The SMILES string of the molecule is CC(Oc1cccc2ccccc12)C(=O)NCCOc1ccccc1Cl. The second-order valence-electron chi connectivity index (χ2n) is 5.81. The van der Waals surface area contributed by atoms with Gasteiger partial charge < -0.3 is 14.8 Å². The molecule has 1 amide bonds. The van der Waals surface area contributed by atoms with Crippen molar-refractivity contribution in [2.75, 3.05) is 13.2 Å². The Hall–Kier alpha value is -2.72. The maximum absolute atomic E-state index is 12.2. The first-order chi connectivity index (χ1) is 12.6. The fourth-order valence-electron chi connectivity index (χ4n) is 2.58. The number of nitrogens with one attached hydrogen (secondary N) is 1. The molecule has 3 aromatic rings. The van der Waals surface area contributed by atoms with Gasteiger partial charge in [0.2, 0.25) is 0 Å². The van der Waals surface area contributed by atoms with Crippen molar-refractivity contribution in [3.8, 4) is 11.5 Å². The van der Waals surface area contributed by atoms with Gasteiger partial charge in [-0.2, -0.15) is 0 Å². The molecular weight excluding hydrogens is 350 g/mol. The number of amides is 1. The summed E-state index contributed by atoms with van der Waals surface area (Å²) in [6.45, 7) is 2.43. The monoisotopic (exact) mass is 369 g/mol. The normalized spacial score (nSPS) is 11.8. The predicted octanol–water partition coefficient (Wildman–Crippen LogP) is 4.46.